The SMILES string of the molecule is OC1CC2CCN3C(O)c4cc5c(cc4[C@H](C1O)C23)OCO5. The molecule has 1 aliphatic carbocycles. The summed E-state index contributed by atoms with van der Waals surface area (Å²) in [6.45, 7) is 0.972. The van der Waals surface area contributed by atoms with E-state index in [0.29, 0.717) is 23.8 Å². The maximum atomic E-state index is 10.8. The van der Waals surface area contributed by atoms with Gasteiger partial charge in [-0.2, -0.15) is 0 Å². The van der Waals surface area contributed by atoms with Crippen molar-refractivity contribution in [2.45, 2.75) is 43.2 Å². The average molecular weight is 305 g/mol. The van der Waals surface area contributed by atoms with Gasteiger partial charge in [0.2, 0.25) is 6.79 Å². The quantitative estimate of drug-likeness (QED) is 0.640. The molecule has 3 N–H and O–H groups in total. The summed E-state index contributed by atoms with van der Waals surface area (Å²) in [5, 5.41) is 31.6. The molecule has 3 aliphatic heterocycles. The monoisotopic (exact) mass is 305 g/mol. The molecule has 0 aromatic heterocycles. The van der Waals surface area contributed by atoms with Crippen molar-refractivity contribution in [2.24, 2.45) is 5.92 Å². The maximum Gasteiger partial charge on any atom is 0.231 e. The van der Waals surface area contributed by atoms with Gasteiger partial charge in [0, 0.05) is 24.1 Å². The fraction of sp³-hybridized carbons (Fsp3) is 0.625. The fourth-order valence-corrected chi connectivity index (χ4v) is 4.87. The second kappa shape index (κ2) is 4.35. The molecule has 6 heteroatoms. The summed E-state index contributed by atoms with van der Waals surface area (Å²) in [5.41, 5.74) is 1.65. The van der Waals surface area contributed by atoms with Crippen LogP contribution in [-0.4, -0.2) is 51.8 Å². The third-order valence-corrected chi connectivity index (χ3v) is 5.83. The first-order valence-corrected chi connectivity index (χ1v) is 7.88. The van der Waals surface area contributed by atoms with E-state index in [1.165, 1.54) is 0 Å². The first kappa shape index (κ1) is 13.1. The van der Waals surface area contributed by atoms with Gasteiger partial charge in [-0.3, -0.25) is 4.90 Å². The van der Waals surface area contributed by atoms with Gasteiger partial charge in [-0.1, -0.05) is 0 Å². The number of ether oxygens (including phenoxy) is 2. The molecule has 2 fully saturated rings. The Labute approximate surface area is 127 Å². The number of hydrogen-bond acceptors (Lipinski definition) is 6. The maximum absolute atomic E-state index is 10.8. The van der Waals surface area contributed by atoms with E-state index in [1.807, 2.05) is 12.1 Å². The van der Waals surface area contributed by atoms with E-state index in [1.54, 1.807) is 0 Å². The normalized spacial score (nSPS) is 42.1. The van der Waals surface area contributed by atoms with E-state index in [-0.39, 0.29) is 18.8 Å². The molecule has 1 saturated carbocycles. The van der Waals surface area contributed by atoms with Crippen molar-refractivity contribution in [3.05, 3.63) is 23.3 Å². The van der Waals surface area contributed by atoms with Crippen LogP contribution < -0.4 is 9.47 Å². The minimum absolute atomic E-state index is 0.0845. The topological polar surface area (TPSA) is 82.4 Å². The van der Waals surface area contributed by atoms with Crippen LogP contribution in [0.25, 0.3) is 0 Å². The molecule has 6 atom stereocenters. The molecular formula is C16H19NO5. The van der Waals surface area contributed by atoms with Crippen LogP contribution in [0.5, 0.6) is 11.5 Å². The van der Waals surface area contributed by atoms with Crippen LogP contribution in [0.1, 0.15) is 36.1 Å². The zero-order chi connectivity index (χ0) is 15.0. The Bertz CT molecular complexity index is 635. The van der Waals surface area contributed by atoms with Gasteiger partial charge in [-0.05, 0) is 36.5 Å². The molecule has 1 aromatic carbocycles. The molecule has 1 aromatic rings. The predicted molar refractivity (Wildman–Crippen MR) is 75.5 cm³/mol. The van der Waals surface area contributed by atoms with Crippen molar-refractivity contribution in [1.82, 2.24) is 4.90 Å². The number of aliphatic hydroxyl groups excluding tert-OH is 3. The van der Waals surface area contributed by atoms with Crippen molar-refractivity contribution in [2.75, 3.05) is 13.3 Å². The van der Waals surface area contributed by atoms with Crippen LogP contribution in [0.4, 0.5) is 0 Å². The van der Waals surface area contributed by atoms with E-state index < -0.39 is 18.4 Å². The second-order valence-corrected chi connectivity index (χ2v) is 6.80. The molecule has 4 aliphatic rings. The van der Waals surface area contributed by atoms with E-state index >= 15 is 0 Å². The third-order valence-electron chi connectivity index (χ3n) is 5.83. The van der Waals surface area contributed by atoms with Gasteiger partial charge in [0.1, 0.15) is 6.23 Å². The highest BCUT2D eigenvalue weighted by atomic mass is 16.7. The fourth-order valence-electron chi connectivity index (χ4n) is 4.87. The lowest BCUT2D eigenvalue weighted by atomic mass is 9.68. The Morgan fingerprint density at radius 2 is 1.77 bits per heavy atom. The largest absolute Gasteiger partial charge is 0.454 e. The summed E-state index contributed by atoms with van der Waals surface area (Å²) in [4.78, 5) is 2.06. The summed E-state index contributed by atoms with van der Waals surface area (Å²) < 4.78 is 10.9. The van der Waals surface area contributed by atoms with Gasteiger partial charge in [-0.15, -0.1) is 0 Å². The Hall–Kier alpha value is -1.34. The summed E-state index contributed by atoms with van der Waals surface area (Å²) >= 11 is 0. The van der Waals surface area contributed by atoms with Gasteiger partial charge in [-0.25, -0.2) is 0 Å². The summed E-state index contributed by atoms with van der Waals surface area (Å²) in [6, 6.07) is 3.78. The van der Waals surface area contributed by atoms with Crippen molar-refractivity contribution < 1.29 is 24.8 Å². The van der Waals surface area contributed by atoms with Gasteiger partial charge >= 0.3 is 0 Å². The van der Waals surface area contributed by atoms with Crippen LogP contribution in [0.2, 0.25) is 0 Å². The van der Waals surface area contributed by atoms with Crippen molar-refractivity contribution >= 4 is 0 Å². The van der Waals surface area contributed by atoms with Crippen LogP contribution >= 0.6 is 0 Å². The van der Waals surface area contributed by atoms with Crippen molar-refractivity contribution in [3.63, 3.8) is 0 Å². The van der Waals surface area contributed by atoms with Crippen molar-refractivity contribution in [3.8, 4) is 11.5 Å². The van der Waals surface area contributed by atoms with Crippen LogP contribution in [-0.2, 0) is 0 Å². The standard InChI is InChI=1S/C16H19NO5/c18-10-3-7-1-2-17-14(7)13(15(10)19)8-4-11-12(22-6-21-11)5-9(8)16(17)20/h4-5,7,10,13-16,18-20H,1-3,6H2/t7?,10?,13-,14?,15?,16?/m0/s1. The summed E-state index contributed by atoms with van der Waals surface area (Å²) in [5.74, 6) is 1.42. The highest BCUT2D eigenvalue weighted by Crippen LogP contribution is 2.54. The number of rotatable bonds is 0. The lowest BCUT2D eigenvalue weighted by Crippen LogP contribution is -2.55. The number of benzene rings is 1. The van der Waals surface area contributed by atoms with Crippen molar-refractivity contribution in [1.29, 1.82) is 0 Å². The highest BCUT2D eigenvalue weighted by molar-refractivity contribution is 5.52. The lowest BCUT2D eigenvalue weighted by Gasteiger charge is -2.49. The van der Waals surface area contributed by atoms with E-state index in [9.17, 15) is 15.3 Å². The summed E-state index contributed by atoms with van der Waals surface area (Å²) in [7, 11) is 0. The zero-order valence-electron chi connectivity index (χ0n) is 12.1. The van der Waals surface area contributed by atoms with E-state index in [2.05, 4.69) is 4.90 Å². The van der Waals surface area contributed by atoms with Gasteiger partial charge in [0.15, 0.2) is 11.5 Å². The first-order chi connectivity index (χ1) is 10.6. The third kappa shape index (κ3) is 1.53. The smallest absolute Gasteiger partial charge is 0.231 e. The molecule has 0 bridgehead atoms. The Morgan fingerprint density at radius 3 is 2.55 bits per heavy atom. The molecule has 1 saturated heterocycles. The molecular weight excluding hydrogens is 286 g/mol. The molecule has 3 heterocycles. The Kier molecular flexibility index (Phi) is 2.60. The average Bonchev–Trinajstić information content (AvgIpc) is 3.12. The summed E-state index contributed by atoms with van der Waals surface area (Å²) in [6.07, 6.45) is -0.653. The molecule has 0 spiro atoms. The molecule has 118 valence electrons. The first-order valence-electron chi connectivity index (χ1n) is 7.88. The lowest BCUT2D eigenvalue weighted by molar-refractivity contribution is -0.102. The Balaban J connectivity index is 1.70. The molecule has 5 unspecified atom stereocenters. The van der Waals surface area contributed by atoms with Gasteiger partial charge in [0.25, 0.3) is 0 Å². The van der Waals surface area contributed by atoms with Gasteiger partial charge in [0.05, 0.1) is 12.2 Å². The number of hydrogen-bond donors (Lipinski definition) is 3. The molecule has 0 amide bonds. The minimum Gasteiger partial charge on any atom is -0.454 e. The van der Waals surface area contributed by atoms with Crippen LogP contribution in [0.15, 0.2) is 12.1 Å². The Morgan fingerprint density at radius 1 is 1.05 bits per heavy atom. The highest BCUT2D eigenvalue weighted by Gasteiger charge is 2.54. The molecule has 6 nitrogen and oxygen atoms in total. The minimum atomic E-state index is -0.812. The van der Waals surface area contributed by atoms with Gasteiger partial charge < -0.3 is 24.8 Å². The number of fused-ring (bicyclic) bond motifs is 3. The number of aliphatic hydroxyl groups is 3. The van der Waals surface area contributed by atoms with E-state index in [0.717, 1.165) is 24.1 Å². The van der Waals surface area contributed by atoms with E-state index in [4.69, 9.17) is 9.47 Å². The van der Waals surface area contributed by atoms with Crippen LogP contribution in [0, 0.1) is 5.92 Å². The van der Waals surface area contributed by atoms with Crippen LogP contribution in [0.3, 0.4) is 0 Å². The molecule has 0 radical (unpaired) electrons. The number of nitrogens with zero attached hydrogens (tertiary/aromatic N) is 1. The predicted octanol–water partition coefficient (Wildman–Crippen LogP) is 0.319. The molecule has 5 rings (SSSR count). The molecule has 22 heavy (non-hydrogen) atoms. The second-order valence-electron chi connectivity index (χ2n) is 6.80. The zero-order valence-corrected chi connectivity index (χ0v) is 12.1.